The Morgan fingerprint density at radius 2 is 1.91 bits per heavy atom. The lowest BCUT2D eigenvalue weighted by atomic mass is 10.1. The summed E-state index contributed by atoms with van der Waals surface area (Å²) < 4.78 is 0. The lowest BCUT2D eigenvalue weighted by molar-refractivity contribution is 0.104. The molecule has 0 saturated carbocycles. The fraction of sp³-hybridized carbons (Fsp3) is 0.0556. The Balaban J connectivity index is 1.94. The number of carbonyl (C=O) groups excluding carboxylic acids is 1. The second kappa shape index (κ2) is 6.08. The summed E-state index contributed by atoms with van der Waals surface area (Å²) in [6, 6.07) is 15.0. The smallest absolute Gasteiger partial charge is 0.206 e. The fourth-order valence-electron chi connectivity index (χ4n) is 2.28. The van der Waals surface area contributed by atoms with Crippen molar-refractivity contribution in [2.75, 3.05) is 0 Å². The molecule has 3 aromatic rings. The number of aromatic nitrogens is 2. The monoisotopic (exact) mass is 308 g/mol. The predicted octanol–water partition coefficient (Wildman–Crippen LogP) is 4.49. The van der Waals surface area contributed by atoms with Gasteiger partial charge in [0.2, 0.25) is 5.78 Å². The molecule has 0 radical (unpaired) electrons. The number of benzene rings is 2. The molecule has 0 aliphatic carbocycles. The van der Waals surface area contributed by atoms with E-state index < -0.39 is 0 Å². The van der Waals surface area contributed by atoms with Crippen molar-refractivity contribution in [3.05, 3.63) is 76.5 Å². The highest BCUT2D eigenvalue weighted by Crippen LogP contribution is 2.18. The lowest BCUT2D eigenvalue weighted by Crippen LogP contribution is -2.04. The van der Waals surface area contributed by atoms with Crippen LogP contribution >= 0.6 is 11.6 Å². The highest BCUT2D eigenvalue weighted by atomic mass is 35.5. The van der Waals surface area contributed by atoms with Gasteiger partial charge in [-0.15, -0.1) is 10.2 Å². The van der Waals surface area contributed by atoms with Crippen molar-refractivity contribution in [3.8, 4) is 0 Å². The third-order valence-electron chi connectivity index (χ3n) is 3.43. The first kappa shape index (κ1) is 14.4. The topological polar surface area (TPSA) is 42.9 Å². The van der Waals surface area contributed by atoms with Crippen molar-refractivity contribution in [2.24, 2.45) is 0 Å². The minimum atomic E-state index is -0.171. The SMILES string of the molecule is Cc1c(C(=O)/C=C/c2cccc(Cl)c2)nnc2ccccc12. The van der Waals surface area contributed by atoms with Crippen LogP contribution in [0.25, 0.3) is 17.0 Å². The summed E-state index contributed by atoms with van der Waals surface area (Å²) in [6.45, 7) is 1.89. The van der Waals surface area contributed by atoms with E-state index in [9.17, 15) is 4.79 Å². The van der Waals surface area contributed by atoms with Crippen LogP contribution in [-0.2, 0) is 0 Å². The zero-order valence-electron chi connectivity index (χ0n) is 12.0. The molecule has 2 aromatic carbocycles. The van der Waals surface area contributed by atoms with Gasteiger partial charge in [0.1, 0.15) is 5.69 Å². The maximum Gasteiger partial charge on any atom is 0.206 e. The van der Waals surface area contributed by atoms with E-state index in [0.29, 0.717) is 10.7 Å². The van der Waals surface area contributed by atoms with Crippen LogP contribution in [0.5, 0.6) is 0 Å². The third-order valence-corrected chi connectivity index (χ3v) is 3.67. The molecule has 0 fully saturated rings. The Kier molecular flexibility index (Phi) is 3.98. The van der Waals surface area contributed by atoms with E-state index >= 15 is 0 Å². The standard InChI is InChI=1S/C18H13ClN2O/c1-12-15-7-2-3-8-16(15)20-21-18(12)17(22)10-9-13-5-4-6-14(19)11-13/h2-11H,1H3/b10-9+. The molecular weight excluding hydrogens is 296 g/mol. The molecular formula is C18H13ClN2O. The van der Waals surface area contributed by atoms with Gasteiger partial charge in [-0.1, -0.05) is 48.0 Å². The zero-order chi connectivity index (χ0) is 15.5. The van der Waals surface area contributed by atoms with Crippen LogP contribution in [0.3, 0.4) is 0 Å². The van der Waals surface area contributed by atoms with E-state index in [2.05, 4.69) is 10.2 Å². The van der Waals surface area contributed by atoms with Gasteiger partial charge in [0.25, 0.3) is 0 Å². The van der Waals surface area contributed by atoms with Gasteiger partial charge < -0.3 is 0 Å². The summed E-state index contributed by atoms with van der Waals surface area (Å²) >= 11 is 5.93. The van der Waals surface area contributed by atoms with Gasteiger partial charge in [0.05, 0.1) is 5.52 Å². The Morgan fingerprint density at radius 3 is 2.73 bits per heavy atom. The van der Waals surface area contributed by atoms with Crippen molar-refractivity contribution in [1.82, 2.24) is 10.2 Å². The third kappa shape index (κ3) is 2.90. The van der Waals surface area contributed by atoms with Crippen LogP contribution in [0.1, 0.15) is 21.6 Å². The van der Waals surface area contributed by atoms with Crippen LogP contribution < -0.4 is 0 Å². The molecule has 0 aliphatic rings. The Bertz CT molecular complexity index is 887. The average Bonchev–Trinajstić information content (AvgIpc) is 2.53. The summed E-state index contributed by atoms with van der Waals surface area (Å²) in [5.41, 5.74) is 2.87. The molecule has 3 rings (SSSR count). The number of hydrogen-bond acceptors (Lipinski definition) is 3. The first-order valence-electron chi connectivity index (χ1n) is 6.85. The van der Waals surface area contributed by atoms with E-state index in [1.54, 1.807) is 18.2 Å². The summed E-state index contributed by atoms with van der Waals surface area (Å²) in [5, 5.41) is 9.74. The minimum absolute atomic E-state index is 0.171. The molecule has 0 N–H and O–H groups in total. The Hall–Kier alpha value is -2.52. The van der Waals surface area contributed by atoms with Crippen molar-refractivity contribution in [2.45, 2.75) is 6.92 Å². The predicted molar refractivity (Wildman–Crippen MR) is 89.1 cm³/mol. The molecule has 0 amide bonds. The molecule has 0 atom stereocenters. The van der Waals surface area contributed by atoms with E-state index in [4.69, 9.17) is 11.6 Å². The highest BCUT2D eigenvalue weighted by molar-refractivity contribution is 6.30. The van der Waals surface area contributed by atoms with Crippen molar-refractivity contribution in [1.29, 1.82) is 0 Å². The summed E-state index contributed by atoms with van der Waals surface area (Å²) in [7, 11) is 0. The number of allylic oxidation sites excluding steroid dienone is 1. The molecule has 0 unspecified atom stereocenters. The molecule has 108 valence electrons. The molecule has 0 aliphatic heterocycles. The number of fused-ring (bicyclic) bond motifs is 1. The summed E-state index contributed by atoms with van der Waals surface area (Å²) in [4.78, 5) is 12.3. The van der Waals surface area contributed by atoms with Crippen molar-refractivity contribution < 1.29 is 4.79 Å². The first-order chi connectivity index (χ1) is 10.6. The fourth-order valence-corrected chi connectivity index (χ4v) is 2.48. The van der Waals surface area contributed by atoms with Gasteiger partial charge in [-0.05, 0) is 42.3 Å². The molecule has 22 heavy (non-hydrogen) atoms. The summed E-state index contributed by atoms with van der Waals surface area (Å²) in [5.74, 6) is -0.171. The van der Waals surface area contributed by atoms with Crippen LogP contribution in [0.2, 0.25) is 5.02 Å². The second-order valence-electron chi connectivity index (χ2n) is 4.94. The van der Waals surface area contributed by atoms with Gasteiger partial charge in [-0.25, -0.2) is 0 Å². The number of carbonyl (C=O) groups is 1. The van der Waals surface area contributed by atoms with E-state index in [0.717, 1.165) is 22.0 Å². The Labute approximate surface area is 133 Å². The average molecular weight is 309 g/mol. The molecule has 1 aromatic heterocycles. The maximum atomic E-state index is 12.3. The molecule has 0 saturated heterocycles. The normalized spacial score (nSPS) is 11.2. The van der Waals surface area contributed by atoms with Gasteiger partial charge in [0.15, 0.2) is 0 Å². The van der Waals surface area contributed by atoms with Crippen molar-refractivity contribution >= 4 is 34.4 Å². The zero-order valence-corrected chi connectivity index (χ0v) is 12.7. The second-order valence-corrected chi connectivity index (χ2v) is 5.38. The number of nitrogens with zero attached hydrogens (tertiary/aromatic N) is 2. The van der Waals surface area contributed by atoms with Crippen molar-refractivity contribution in [3.63, 3.8) is 0 Å². The maximum absolute atomic E-state index is 12.3. The largest absolute Gasteiger partial charge is 0.287 e. The van der Waals surface area contributed by atoms with E-state index in [1.807, 2.05) is 43.3 Å². The number of rotatable bonds is 3. The number of hydrogen-bond donors (Lipinski definition) is 0. The summed E-state index contributed by atoms with van der Waals surface area (Å²) in [6.07, 6.45) is 3.22. The molecule has 3 nitrogen and oxygen atoms in total. The number of ketones is 1. The molecule has 1 heterocycles. The highest BCUT2D eigenvalue weighted by Gasteiger charge is 2.11. The lowest BCUT2D eigenvalue weighted by Gasteiger charge is -2.04. The quantitative estimate of drug-likeness (QED) is 0.529. The van der Waals surface area contributed by atoms with Crippen LogP contribution in [-0.4, -0.2) is 16.0 Å². The van der Waals surface area contributed by atoms with Gasteiger partial charge in [-0.3, -0.25) is 4.79 Å². The van der Waals surface area contributed by atoms with Crippen LogP contribution in [0.15, 0.2) is 54.6 Å². The van der Waals surface area contributed by atoms with E-state index in [-0.39, 0.29) is 5.78 Å². The molecule has 4 heteroatoms. The van der Waals surface area contributed by atoms with E-state index in [1.165, 1.54) is 6.08 Å². The van der Waals surface area contributed by atoms with Crippen LogP contribution in [0.4, 0.5) is 0 Å². The number of halogens is 1. The molecule has 0 spiro atoms. The van der Waals surface area contributed by atoms with Gasteiger partial charge >= 0.3 is 0 Å². The Morgan fingerprint density at radius 1 is 1.09 bits per heavy atom. The van der Waals surface area contributed by atoms with Gasteiger partial charge in [-0.2, -0.15) is 0 Å². The van der Waals surface area contributed by atoms with Crippen LogP contribution in [0, 0.1) is 6.92 Å². The van der Waals surface area contributed by atoms with Gasteiger partial charge in [0, 0.05) is 10.4 Å². The minimum Gasteiger partial charge on any atom is -0.287 e. The molecule has 0 bridgehead atoms. The number of aryl methyl sites for hydroxylation is 1. The first-order valence-corrected chi connectivity index (χ1v) is 7.23.